The summed E-state index contributed by atoms with van der Waals surface area (Å²) in [6, 6.07) is 6.52. The molecular formula is C8H8N2O. The summed E-state index contributed by atoms with van der Waals surface area (Å²) in [5, 5.41) is 17.5. The van der Waals surface area contributed by atoms with Crippen LogP contribution in [0.3, 0.4) is 0 Å². The predicted molar refractivity (Wildman–Crippen MR) is 40.7 cm³/mol. The Hall–Kier alpha value is -1.53. The third-order valence-electron chi connectivity index (χ3n) is 1.34. The summed E-state index contributed by atoms with van der Waals surface area (Å²) in [5.41, 5.74) is 6.52. The van der Waals surface area contributed by atoms with Gasteiger partial charge < -0.3 is 10.8 Å². The normalized spacial score (nSPS) is 9.09. The van der Waals surface area contributed by atoms with E-state index in [0.29, 0.717) is 12.1 Å². The predicted octanol–water partition coefficient (Wildman–Crippen LogP) is 0.723. The van der Waals surface area contributed by atoms with Gasteiger partial charge in [0.25, 0.3) is 0 Å². The van der Waals surface area contributed by atoms with E-state index in [4.69, 9.17) is 16.1 Å². The van der Waals surface area contributed by atoms with Crippen LogP contribution in [0.2, 0.25) is 0 Å². The van der Waals surface area contributed by atoms with E-state index < -0.39 is 0 Å². The zero-order valence-corrected chi connectivity index (χ0v) is 5.91. The summed E-state index contributed by atoms with van der Waals surface area (Å²) in [4.78, 5) is 0. The molecule has 1 aromatic carbocycles. The lowest BCUT2D eigenvalue weighted by molar-refractivity contribution is 0.474. The third-order valence-corrected chi connectivity index (χ3v) is 1.34. The maximum atomic E-state index is 9.05. The topological polar surface area (TPSA) is 70.0 Å². The Kier molecular flexibility index (Phi) is 2.09. The maximum Gasteiger partial charge on any atom is 0.117 e. The van der Waals surface area contributed by atoms with Crippen molar-refractivity contribution in [3.05, 3.63) is 29.3 Å². The van der Waals surface area contributed by atoms with Crippen molar-refractivity contribution in [2.45, 2.75) is 6.54 Å². The lowest BCUT2D eigenvalue weighted by Crippen LogP contribution is -1.96. The molecule has 0 spiro atoms. The van der Waals surface area contributed by atoms with E-state index in [1.165, 1.54) is 6.07 Å². The summed E-state index contributed by atoms with van der Waals surface area (Å²) in [6.07, 6.45) is 0. The Balaban J connectivity index is 3.15. The van der Waals surface area contributed by atoms with E-state index in [0.717, 1.165) is 5.56 Å². The van der Waals surface area contributed by atoms with Gasteiger partial charge in [-0.25, -0.2) is 0 Å². The Bertz CT molecular complexity index is 301. The van der Waals surface area contributed by atoms with E-state index in [1.54, 1.807) is 12.1 Å². The van der Waals surface area contributed by atoms with Gasteiger partial charge >= 0.3 is 0 Å². The van der Waals surface area contributed by atoms with Crippen LogP contribution in [0.25, 0.3) is 0 Å². The quantitative estimate of drug-likeness (QED) is 0.616. The summed E-state index contributed by atoms with van der Waals surface area (Å²) in [5.74, 6) is 0.0875. The minimum Gasteiger partial charge on any atom is -0.508 e. The van der Waals surface area contributed by atoms with Crippen LogP contribution in [0, 0.1) is 11.3 Å². The van der Waals surface area contributed by atoms with Crippen molar-refractivity contribution in [1.82, 2.24) is 0 Å². The van der Waals surface area contributed by atoms with Gasteiger partial charge in [0.2, 0.25) is 0 Å². The Labute approximate surface area is 64.7 Å². The summed E-state index contributed by atoms with van der Waals surface area (Å²) < 4.78 is 0. The second-order valence-corrected chi connectivity index (χ2v) is 2.20. The van der Waals surface area contributed by atoms with Gasteiger partial charge in [0.05, 0.1) is 11.6 Å². The molecule has 0 amide bonds. The molecule has 0 saturated heterocycles. The highest BCUT2D eigenvalue weighted by Crippen LogP contribution is 2.14. The molecule has 0 unspecified atom stereocenters. The van der Waals surface area contributed by atoms with Crippen molar-refractivity contribution in [3.8, 4) is 11.8 Å². The van der Waals surface area contributed by atoms with Crippen LogP contribution in [0.1, 0.15) is 11.1 Å². The van der Waals surface area contributed by atoms with Crippen molar-refractivity contribution in [2.75, 3.05) is 0 Å². The molecule has 3 nitrogen and oxygen atoms in total. The van der Waals surface area contributed by atoms with Crippen molar-refractivity contribution >= 4 is 0 Å². The number of hydrogen-bond donors (Lipinski definition) is 2. The fourth-order valence-corrected chi connectivity index (χ4v) is 0.856. The standard InChI is InChI=1S/C8H8N2O/c9-4-6-1-7(5-10)3-8(11)2-6/h1-3,11H,4,9H2. The average molecular weight is 148 g/mol. The van der Waals surface area contributed by atoms with Crippen LogP contribution >= 0.6 is 0 Å². The van der Waals surface area contributed by atoms with E-state index >= 15 is 0 Å². The van der Waals surface area contributed by atoms with Crippen LogP contribution in [0.5, 0.6) is 5.75 Å². The number of nitrogens with two attached hydrogens (primary N) is 1. The minimum atomic E-state index is 0.0875. The number of rotatable bonds is 1. The molecule has 0 heterocycles. The van der Waals surface area contributed by atoms with E-state index in [9.17, 15) is 0 Å². The van der Waals surface area contributed by atoms with Crippen molar-refractivity contribution < 1.29 is 5.11 Å². The van der Waals surface area contributed by atoms with Gasteiger partial charge in [-0.15, -0.1) is 0 Å². The van der Waals surface area contributed by atoms with Crippen molar-refractivity contribution in [2.24, 2.45) is 5.73 Å². The molecule has 0 aliphatic carbocycles. The highest BCUT2D eigenvalue weighted by Gasteiger charge is 1.96. The SMILES string of the molecule is N#Cc1cc(O)cc(CN)c1. The van der Waals surface area contributed by atoms with Crippen LogP contribution in [0.15, 0.2) is 18.2 Å². The van der Waals surface area contributed by atoms with E-state index in [-0.39, 0.29) is 5.75 Å². The number of nitriles is 1. The first-order valence-corrected chi connectivity index (χ1v) is 3.19. The van der Waals surface area contributed by atoms with Crippen molar-refractivity contribution in [1.29, 1.82) is 5.26 Å². The fraction of sp³-hybridized carbons (Fsp3) is 0.125. The van der Waals surface area contributed by atoms with Gasteiger partial charge in [-0.1, -0.05) is 0 Å². The van der Waals surface area contributed by atoms with E-state index in [1.807, 2.05) is 6.07 Å². The molecule has 3 N–H and O–H groups in total. The highest BCUT2D eigenvalue weighted by atomic mass is 16.3. The van der Waals surface area contributed by atoms with Crippen LogP contribution in [-0.2, 0) is 6.54 Å². The monoisotopic (exact) mass is 148 g/mol. The molecule has 11 heavy (non-hydrogen) atoms. The molecule has 0 aliphatic heterocycles. The maximum absolute atomic E-state index is 9.05. The second kappa shape index (κ2) is 3.04. The molecular weight excluding hydrogens is 140 g/mol. The van der Waals surface area contributed by atoms with Gasteiger partial charge in [-0.05, 0) is 23.8 Å². The molecule has 0 atom stereocenters. The number of aromatic hydroxyl groups is 1. The van der Waals surface area contributed by atoms with Gasteiger partial charge in [0.1, 0.15) is 5.75 Å². The number of hydrogen-bond acceptors (Lipinski definition) is 3. The molecule has 56 valence electrons. The Morgan fingerprint density at radius 1 is 1.45 bits per heavy atom. The minimum absolute atomic E-state index is 0.0875. The average Bonchev–Trinajstić information content (AvgIpc) is 2.03. The number of nitrogens with zero attached hydrogens (tertiary/aromatic N) is 1. The zero-order valence-electron chi connectivity index (χ0n) is 5.91. The second-order valence-electron chi connectivity index (χ2n) is 2.20. The van der Waals surface area contributed by atoms with Crippen LogP contribution in [-0.4, -0.2) is 5.11 Å². The molecule has 3 heteroatoms. The molecule has 1 aromatic rings. The zero-order chi connectivity index (χ0) is 8.27. The van der Waals surface area contributed by atoms with Gasteiger partial charge in [0, 0.05) is 6.54 Å². The summed E-state index contributed by atoms with van der Waals surface area (Å²) >= 11 is 0. The lowest BCUT2D eigenvalue weighted by Gasteiger charge is -1.97. The van der Waals surface area contributed by atoms with Crippen LogP contribution < -0.4 is 5.73 Å². The summed E-state index contributed by atoms with van der Waals surface area (Å²) in [7, 11) is 0. The fourth-order valence-electron chi connectivity index (χ4n) is 0.856. The largest absolute Gasteiger partial charge is 0.508 e. The Morgan fingerprint density at radius 3 is 2.73 bits per heavy atom. The molecule has 0 saturated carbocycles. The number of phenolic OH excluding ortho intramolecular Hbond substituents is 1. The molecule has 0 aromatic heterocycles. The van der Waals surface area contributed by atoms with Gasteiger partial charge in [-0.3, -0.25) is 0 Å². The van der Waals surface area contributed by atoms with Crippen LogP contribution in [0.4, 0.5) is 0 Å². The third kappa shape index (κ3) is 1.69. The molecule has 1 rings (SSSR count). The Morgan fingerprint density at radius 2 is 2.18 bits per heavy atom. The molecule has 0 bridgehead atoms. The number of benzene rings is 1. The first-order chi connectivity index (χ1) is 5.26. The lowest BCUT2D eigenvalue weighted by atomic mass is 10.1. The smallest absolute Gasteiger partial charge is 0.117 e. The summed E-state index contributed by atoms with van der Waals surface area (Å²) in [6.45, 7) is 0.336. The first-order valence-electron chi connectivity index (χ1n) is 3.19. The first kappa shape index (κ1) is 7.58. The molecule has 0 aliphatic rings. The molecule has 0 radical (unpaired) electrons. The van der Waals surface area contributed by atoms with E-state index in [2.05, 4.69) is 0 Å². The number of phenols is 1. The van der Waals surface area contributed by atoms with Gasteiger partial charge in [0.15, 0.2) is 0 Å². The van der Waals surface area contributed by atoms with Gasteiger partial charge in [-0.2, -0.15) is 5.26 Å². The molecule has 0 fully saturated rings. The highest BCUT2D eigenvalue weighted by molar-refractivity contribution is 5.39. The van der Waals surface area contributed by atoms with Crippen molar-refractivity contribution in [3.63, 3.8) is 0 Å².